The summed E-state index contributed by atoms with van der Waals surface area (Å²) in [6.07, 6.45) is 9.13. The number of rotatable bonds is 6. The van der Waals surface area contributed by atoms with Gasteiger partial charge in [-0.15, -0.1) is 5.92 Å². The van der Waals surface area contributed by atoms with Gasteiger partial charge in [0.1, 0.15) is 19.4 Å². The van der Waals surface area contributed by atoms with Crippen LogP contribution in [0.3, 0.4) is 0 Å². The van der Waals surface area contributed by atoms with Crippen LogP contribution in [0.4, 0.5) is 0 Å². The summed E-state index contributed by atoms with van der Waals surface area (Å²) in [6.45, 7) is 3.99. The molecule has 0 unspecified atom stereocenters. The van der Waals surface area contributed by atoms with E-state index in [4.69, 9.17) is 23.7 Å². The summed E-state index contributed by atoms with van der Waals surface area (Å²) < 4.78 is 32.4. The number of carbonyl (C=O) groups is 1. The number of nitrogens with one attached hydrogen (secondary N) is 2. The molecule has 3 fully saturated rings. The summed E-state index contributed by atoms with van der Waals surface area (Å²) in [5, 5.41) is 91.3. The highest BCUT2D eigenvalue weighted by Gasteiger charge is 2.53. The fourth-order valence-electron chi connectivity index (χ4n) is 15.7. The molecule has 1 aromatic heterocycles. The van der Waals surface area contributed by atoms with E-state index in [9.17, 15) is 40.5 Å². The maximum Gasteiger partial charge on any atom is 0.235 e. The molecule has 16 nitrogen and oxygen atoms in total. The molecule has 3 aliphatic carbocycles. The van der Waals surface area contributed by atoms with Gasteiger partial charge in [0.05, 0.1) is 50.8 Å². The summed E-state index contributed by atoms with van der Waals surface area (Å²) in [6, 6.07) is 12.7. The maximum absolute atomic E-state index is 13.9. The molecule has 8 aliphatic rings. The van der Waals surface area contributed by atoms with Crippen molar-refractivity contribution in [1.29, 1.82) is 0 Å². The third-order valence-electron chi connectivity index (χ3n) is 20.1. The molecule has 17 atom stereocenters. The van der Waals surface area contributed by atoms with E-state index in [0.717, 1.165) is 79.0 Å². The molecule has 0 radical (unpaired) electrons. The molecule has 18 heteroatoms. The second-order valence-corrected chi connectivity index (χ2v) is 28.1. The molecule has 3 aromatic carbocycles. The molecule has 5 aliphatic heterocycles. The van der Waals surface area contributed by atoms with Crippen LogP contribution in [0.5, 0.6) is 28.7 Å². The second kappa shape index (κ2) is 27.7. The Balaban J connectivity index is 0.978. The van der Waals surface area contributed by atoms with Crippen molar-refractivity contribution in [3.63, 3.8) is 0 Å². The Labute approximate surface area is 508 Å². The monoisotopic (exact) mass is 1210 g/mol. The van der Waals surface area contributed by atoms with Crippen LogP contribution >= 0.6 is 21.6 Å². The summed E-state index contributed by atoms with van der Waals surface area (Å²) in [5.74, 6) is 14.8. The molecule has 1 saturated heterocycles. The predicted octanol–water partition coefficient (Wildman–Crippen LogP) is 8.72. The van der Waals surface area contributed by atoms with Crippen molar-refractivity contribution >= 4 is 38.3 Å². The van der Waals surface area contributed by atoms with Crippen LogP contribution in [0.15, 0.2) is 54.9 Å². The number of phenolic OH excluding ortho intramolecular Hbond substituents is 2. The predicted molar refractivity (Wildman–Crippen MR) is 328 cm³/mol. The van der Waals surface area contributed by atoms with Gasteiger partial charge in [-0.25, -0.2) is 0 Å². The number of ether oxygens (including phenoxy) is 5. The lowest BCUT2D eigenvalue weighted by molar-refractivity contribution is -0.122. The first-order chi connectivity index (χ1) is 41.2. The highest BCUT2D eigenvalue weighted by atomic mass is 33.1. The third-order valence-corrected chi connectivity index (χ3v) is 22.9. The Bertz CT molecular complexity index is 3080. The molecule has 2 saturated carbocycles. The average molecular weight is 1210 g/mol. The van der Waals surface area contributed by atoms with E-state index in [-0.39, 0.29) is 102 Å². The van der Waals surface area contributed by atoms with Crippen molar-refractivity contribution in [2.24, 2.45) is 52.8 Å². The van der Waals surface area contributed by atoms with Gasteiger partial charge >= 0.3 is 0 Å². The number of hydrogen-bond acceptors (Lipinski definition) is 16. The van der Waals surface area contributed by atoms with Gasteiger partial charge in [0.15, 0.2) is 23.0 Å². The number of amides is 1. The average Bonchev–Trinajstić information content (AvgIpc) is 2.03. The van der Waals surface area contributed by atoms with Gasteiger partial charge in [-0.05, 0) is 172 Å². The molecular formula is C67H87N3O13S2. The number of aromatic nitrogens is 1. The highest BCUT2D eigenvalue weighted by Crippen LogP contribution is 2.57. The SMILES string of the molecule is COc1cc(C[C@H]2[C@H](O)CSS[C@@H]3C[C@@H](O)c4cccc5cn(cc45)COCCC[C@@H]4NC(=O)[C@@H]5C#CC[C@@H]6C#C[C@@]7(C[C@@H](C)CC[C@@H]7CC[C@H](O)[C@H]45)[C@H]4C[C@H](CC[C@H]4CNC6)Oc4cc(c3cc4O)CC[C@H](OCO)C[C@H]2O)cc(OC)c1O. The fourth-order valence-corrected chi connectivity index (χ4v) is 18.6. The minimum absolute atomic E-state index is 0.0139. The summed E-state index contributed by atoms with van der Waals surface area (Å²) >= 11 is 0. The fraction of sp³-hybridized carbons (Fsp3) is 0.627. The van der Waals surface area contributed by atoms with Crippen LogP contribution in [-0.4, -0.2) is 129 Å². The third kappa shape index (κ3) is 13.8. The number of phenols is 2. The minimum atomic E-state index is -1.09. The van der Waals surface area contributed by atoms with Gasteiger partial charge in [-0.3, -0.25) is 4.79 Å². The lowest BCUT2D eigenvalue weighted by Gasteiger charge is -2.53. The standard InChI is InChI=1S/C67H87N3O13S2/c1-39-12-15-45-16-19-55(72)64-49-10-4-7-40-20-21-67(45,31-39)53-27-47(18-14-43(53)33-68-32-40)83-60-26-42-13-17-46(82-38-71)28-56(73)51(23-41-24-61(79-2)65(77)62(25-41)80-3)59(76)36-84-85-63(50(42)29-58(60)75)30-57(74)48-9-5-8-44-34-70(35-52(44)48)37-81-22-6-11-54(64)69-66(49)78/h5,8-9,24-26,29,34-35,39-40,43,45-47,49,51,53-57,59,63-64,68,71-77H,6-7,11-19,22-23,27-28,30-33,36-38H2,1-3H3,(H,69,78)/t39-,40+,43-,45+,46-,47-,49+,51+,53-,54-,55-,56+,57+,59+,63+,64-,67-/m0/s1. The number of fused-ring (bicyclic) bond motifs is 7. The van der Waals surface area contributed by atoms with E-state index in [2.05, 4.69) is 41.2 Å². The second-order valence-electron chi connectivity index (χ2n) is 25.5. The molecule has 9 N–H and O–H groups in total. The summed E-state index contributed by atoms with van der Waals surface area (Å²) in [7, 11) is 5.83. The number of benzene rings is 3. The number of aliphatic hydroxyl groups is 5. The van der Waals surface area contributed by atoms with Crippen LogP contribution in [0.25, 0.3) is 10.8 Å². The number of aromatic hydroxyl groups is 2. The maximum atomic E-state index is 13.9. The number of methoxy groups -OCH3 is 2. The van der Waals surface area contributed by atoms with Gasteiger partial charge in [0.2, 0.25) is 11.7 Å². The van der Waals surface area contributed by atoms with E-state index < -0.39 is 54.4 Å². The normalized spacial score (nSPS) is 34.9. The number of hydrogen-bond donors (Lipinski definition) is 9. The largest absolute Gasteiger partial charge is 0.504 e. The Morgan fingerprint density at radius 2 is 1.69 bits per heavy atom. The van der Waals surface area contributed by atoms with Crippen molar-refractivity contribution in [2.45, 2.75) is 164 Å². The van der Waals surface area contributed by atoms with Crippen LogP contribution in [-0.2, 0) is 33.8 Å². The smallest absolute Gasteiger partial charge is 0.235 e. The number of aryl methyl sites for hydroxylation is 1. The van der Waals surface area contributed by atoms with E-state index in [0.29, 0.717) is 74.8 Å². The Hall–Kier alpha value is -4.83. The van der Waals surface area contributed by atoms with Gasteiger partial charge < -0.3 is 74.6 Å². The molecule has 460 valence electrons. The van der Waals surface area contributed by atoms with Gasteiger partial charge in [-0.1, -0.05) is 70.9 Å². The van der Waals surface area contributed by atoms with E-state index in [1.807, 2.05) is 41.2 Å². The highest BCUT2D eigenvalue weighted by molar-refractivity contribution is 8.76. The van der Waals surface area contributed by atoms with E-state index in [1.54, 1.807) is 18.2 Å². The first-order valence-electron chi connectivity index (χ1n) is 31.1. The first-order valence-corrected chi connectivity index (χ1v) is 33.5. The van der Waals surface area contributed by atoms with Crippen molar-refractivity contribution < 1.29 is 64.2 Å². The Kier molecular flexibility index (Phi) is 20.1. The zero-order chi connectivity index (χ0) is 59.4. The zero-order valence-corrected chi connectivity index (χ0v) is 51.0. The zero-order valence-electron chi connectivity index (χ0n) is 49.3. The van der Waals surface area contributed by atoms with Gasteiger partial charge in [0.25, 0.3) is 0 Å². The molecule has 6 heterocycles. The van der Waals surface area contributed by atoms with Crippen LogP contribution in [0, 0.1) is 76.4 Å². The van der Waals surface area contributed by atoms with Gasteiger partial charge in [0, 0.05) is 77.6 Å². The summed E-state index contributed by atoms with van der Waals surface area (Å²) in [5.41, 5.74) is 2.71. The molecule has 12 rings (SSSR count). The molecule has 1 spiro atoms. The lowest BCUT2D eigenvalue weighted by atomic mass is 9.51. The number of aliphatic hydroxyl groups excluding tert-OH is 5. The van der Waals surface area contributed by atoms with Crippen molar-refractivity contribution in [1.82, 2.24) is 15.2 Å². The molecule has 11 bridgehead atoms. The Morgan fingerprint density at radius 1 is 0.871 bits per heavy atom. The Morgan fingerprint density at radius 3 is 2.51 bits per heavy atom. The van der Waals surface area contributed by atoms with Crippen molar-refractivity contribution in [2.75, 3.05) is 46.5 Å². The quantitative estimate of drug-likeness (QED) is 0.0499. The first kappa shape index (κ1) is 61.8. The van der Waals surface area contributed by atoms with Crippen LogP contribution in [0.1, 0.15) is 130 Å². The number of carbonyl (C=O) groups excluding carboxylic acids is 1. The molecule has 1 amide bonds. The van der Waals surface area contributed by atoms with Crippen molar-refractivity contribution in [3.8, 4) is 52.4 Å². The number of nitrogens with zero attached hydrogens (tertiary/aromatic N) is 1. The molecule has 85 heavy (non-hydrogen) atoms. The van der Waals surface area contributed by atoms with Crippen molar-refractivity contribution in [3.05, 3.63) is 77.1 Å². The topological polar surface area (TPSA) is 234 Å². The molecule has 4 aromatic rings. The lowest BCUT2D eigenvalue weighted by Crippen LogP contribution is -2.50. The van der Waals surface area contributed by atoms with Crippen LogP contribution in [0.2, 0.25) is 0 Å². The molecular weight excluding hydrogens is 1120 g/mol. The summed E-state index contributed by atoms with van der Waals surface area (Å²) in [4.78, 5) is 13.9. The van der Waals surface area contributed by atoms with Gasteiger partial charge in [-0.2, -0.15) is 0 Å². The van der Waals surface area contributed by atoms with Crippen LogP contribution < -0.4 is 24.8 Å². The van der Waals surface area contributed by atoms with E-state index >= 15 is 0 Å². The minimum Gasteiger partial charge on any atom is -0.504 e. The van der Waals surface area contributed by atoms with E-state index in [1.165, 1.54) is 35.8 Å².